The Kier molecular flexibility index (Phi) is 5.47. The van der Waals surface area contributed by atoms with Crippen molar-refractivity contribution in [1.82, 2.24) is 19.7 Å². The predicted octanol–water partition coefficient (Wildman–Crippen LogP) is 4.63. The van der Waals surface area contributed by atoms with Gasteiger partial charge in [-0.05, 0) is 36.8 Å². The molecule has 0 aromatic carbocycles. The van der Waals surface area contributed by atoms with Crippen LogP contribution in [-0.4, -0.2) is 50.9 Å². The Morgan fingerprint density at radius 3 is 2.65 bits per heavy atom. The van der Waals surface area contributed by atoms with Crippen molar-refractivity contribution >= 4 is 11.7 Å². The van der Waals surface area contributed by atoms with Gasteiger partial charge in [-0.2, -0.15) is 18.3 Å². The molecule has 2 aliphatic heterocycles. The molecule has 0 radical (unpaired) electrons. The first-order valence-corrected chi connectivity index (χ1v) is 10.7. The summed E-state index contributed by atoms with van der Waals surface area (Å²) in [7, 11) is 0. The Labute approximate surface area is 179 Å². The van der Waals surface area contributed by atoms with Crippen LogP contribution in [0.5, 0.6) is 0 Å². The third-order valence-electron chi connectivity index (χ3n) is 6.27. The predicted molar refractivity (Wildman–Crippen MR) is 111 cm³/mol. The van der Waals surface area contributed by atoms with Crippen LogP contribution in [0.25, 0.3) is 0 Å². The lowest BCUT2D eigenvalue weighted by Crippen LogP contribution is -2.44. The number of hydrogen-bond donors (Lipinski definition) is 1. The van der Waals surface area contributed by atoms with Crippen molar-refractivity contribution in [3.8, 4) is 0 Å². The molecule has 0 spiro atoms. The van der Waals surface area contributed by atoms with Crippen molar-refractivity contribution in [2.45, 2.75) is 64.2 Å². The highest BCUT2D eigenvalue weighted by Gasteiger charge is 2.48. The van der Waals surface area contributed by atoms with Gasteiger partial charge in [0, 0.05) is 37.3 Å². The number of carbonyl (C=O) groups excluding carboxylic acids is 1. The maximum Gasteiger partial charge on any atom is 0.410 e. The van der Waals surface area contributed by atoms with E-state index in [9.17, 15) is 18.0 Å². The minimum absolute atomic E-state index is 0.0595. The zero-order chi connectivity index (χ0) is 22.4. The number of hydrogen-bond acceptors (Lipinski definition) is 4. The van der Waals surface area contributed by atoms with Gasteiger partial charge in [-0.25, -0.2) is 4.68 Å². The molecule has 1 fully saturated rings. The summed E-state index contributed by atoms with van der Waals surface area (Å²) in [5, 5.41) is 7.65. The fraction of sp³-hybridized carbons (Fsp3) is 0.591. The summed E-state index contributed by atoms with van der Waals surface area (Å²) in [5.74, 6) is 0.133. The molecule has 1 N–H and O–H groups in total. The number of nitrogens with one attached hydrogen (secondary N) is 1. The van der Waals surface area contributed by atoms with Crippen LogP contribution in [0.3, 0.4) is 0 Å². The number of fused-ring (bicyclic) bond motifs is 1. The number of piperidine rings is 1. The lowest BCUT2D eigenvalue weighted by atomic mass is 9.82. The van der Waals surface area contributed by atoms with E-state index < -0.39 is 12.2 Å². The fourth-order valence-corrected chi connectivity index (χ4v) is 4.42. The average molecular weight is 435 g/mol. The maximum absolute atomic E-state index is 13.8. The summed E-state index contributed by atoms with van der Waals surface area (Å²) < 4.78 is 42.6. The highest BCUT2D eigenvalue weighted by atomic mass is 19.4. The van der Waals surface area contributed by atoms with Gasteiger partial charge in [0.05, 0.1) is 5.69 Å². The Bertz CT molecular complexity index is 935. The number of carbonyl (C=O) groups is 1. The number of anilines is 1. The van der Waals surface area contributed by atoms with E-state index in [1.54, 1.807) is 35.4 Å². The number of likely N-dealkylation sites (tertiary alicyclic amines) is 1. The second-order valence-electron chi connectivity index (χ2n) is 9.56. The Morgan fingerprint density at radius 2 is 2.00 bits per heavy atom. The zero-order valence-electron chi connectivity index (χ0n) is 18.0. The molecular formula is C22H28F3N5O. The van der Waals surface area contributed by atoms with Gasteiger partial charge in [-0.1, -0.05) is 26.8 Å². The topological polar surface area (TPSA) is 63.1 Å². The van der Waals surface area contributed by atoms with Crippen LogP contribution >= 0.6 is 0 Å². The van der Waals surface area contributed by atoms with Gasteiger partial charge in [0.2, 0.25) is 0 Å². The van der Waals surface area contributed by atoms with Gasteiger partial charge >= 0.3 is 6.18 Å². The molecule has 2 aliphatic rings. The average Bonchev–Trinajstić information content (AvgIpc) is 3.16. The smallest absolute Gasteiger partial charge is 0.367 e. The molecule has 2 aromatic heterocycles. The van der Waals surface area contributed by atoms with Crippen LogP contribution in [0, 0.1) is 5.41 Å². The van der Waals surface area contributed by atoms with E-state index in [-0.39, 0.29) is 29.7 Å². The molecule has 0 unspecified atom stereocenters. The van der Waals surface area contributed by atoms with Crippen LogP contribution in [0.15, 0.2) is 30.5 Å². The SMILES string of the molecule is CC(C)(C)[C@@H]1C[C@H](C(F)(F)F)n2nc([C@@H]3CCCN(C(=O)c4ccccn4)C3)cc2N1. The van der Waals surface area contributed by atoms with Crippen molar-refractivity contribution < 1.29 is 18.0 Å². The number of amides is 1. The molecule has 9 heteroatoms. The second-order valence-corrected chi connectivity index (χ2v) is 9.56. The lowest BCUT2D eigenvalue weighted by Gasteiger charge is -2.39. The van der Waals surface area contributed by atoms with Crippen LogP contribution in [0.1, 0.15) is 68.2 Å². The molecule has 31 heavy (non-hydrogen) atoms. The van der Waals surface area contributed by atoms with Gasteiger partial charge in [0.25, 0.3) is 5.91 Å². The van der Waals surface area contributed by atoms with Crippen molar-refractivity contribution in [1.29, 1.82) is 0 Å². The van der Waals surface area contributed by atoms with Crippen molar-refractivity contribution in [3.63, 3.8) is 0 Å². The third kappa shape index (κ3) is 4.41. The zero-order valence-corrected chi connectivity index (χ0v) is 18.0. The molecule has 4 rings (SSSR count). The summed E-state index contributed by atoms with van der Waals surface area (Å²) in [5.41, 5.74) is 0.652. The normalized spacial score (nSPS) is 24.5. The van der Waals surface area contributed by atoms with Crippen molar-refractivity contribution in [3.05, 3.63) is 41.9 Å². The molecule has 6 nitrogen and oxygen atoms in total. The number of halogens is 3. The first kappa shape index (κ1) is 21.6. The van der Waals surface area contributed by atoms with Crippen LogP contribution in [0.4, 0.5) is 19.0 Å². The number of alkyl halides is 3. The Balaban J connectivity index is 1.59. The summed E-state index contributed by atoms with van der Waals surface area (Å²) >= 11 is 0. The second kappa shape index (κ2) is 7.84. The standard InChI is InChI=1S/C22H28F3N5O/c1-21(2,3)17-12-18(22(23,24)25)30-19(27-17)11-16(28-30)14-7-6-10-29(13-14)20(31)15-8-4-5-9-26-15/h4-5,8-9,11,14,17-18,27H,6-7,10,12-13H2,1-3H3/t14-,17+,18-/m1/s1. The highest BCUT2D eigenvalue weighted by Crippen LogP contribution is 2.44. The molecule has 4 heterocycles. The fourth-order valence-electron chi connectivity index (χ4n) is 4.42. The molecule has 0 bridgehead atoms. The van der Waals surface area contributed by atoms with Crippen molar-refractivity contribution in [2.24, 2.45) is 5.41 Å². The van der Waals surface area contributed by atoms with E-state index in [0.29, 0.717) is 30.3 Å². The molecule has 3 atom stereocenters. The van der Waals surface area contributed by atoms with Gasteiger partial charge in [-0.15, -0.1) is 0 Å². The van der Waals surface area contributed by atoms with Crippen LogP contribution in [-0.2, 0) is 0 Å². The summed E-state index contributed by atoms with van der Waals surface area (Å²) in [4.78, 5) is 18.6. The van der Waals surface area contributed by atoms with Crippen molar-refractivity contribution in [2.75, 3.05) is 18.4 Å². The number of rotatable bonds is 2. The maximum atomic E-state index is 13.8. The van der Waals surface area contributed by atoms with E-state index in [0.717, 1.165) is 17.5 Å². The molecule has 1 amide bonds. The van der Waals surface area contributed by atoms with Gasteiger partial charge in [0.15, 0.2) is 6.04 Å². The minimum atomic E-state index is -4.38. The van der Waals surface area contributed by atoms with E-state index in [4.69, 9.17) is 0 Å². The molecule has 168 valence electrons. The largest absolute Gasteiger partial charge is 0.410 e. The minimum Gasteiger partial charge on any atom is -0.367 e. The van der Waals surface area contributed by atoms with Crippen LogP contribution in [0.2, 0.25) is 0 Å². The van der Waals surface area contributed by atoms with Gasteiger partial charge in [-0.3, -0.25) is 9.78 Å². The molecule has 0 saturated carbocycles. The first-order chi connectivity index (χ1) is 14.5. The number of nitrogens with zero attached hydrogens (tertiary/aromatic N) is 4. The van der Waals surface area contributed by atoms with E-state index in [1.807, 2.05) is 20.8 Å². The molecule has 1 saturated heterocycles. The summed E-state index contributed by atoms with van der Waals surface area (Å²) in [6.07, 6.45) is -1.31. The van der Waals surface area contributed by atoms with Crippen LogP contribution < -0.4 is 5.32 Å². The molecule has 0 aliphatic carbocycles. The quantitative estimate of drug-likeness (QED) is 0.747. The third-order valence-corrected chi connectivity index (χ3v) is 6.27. The lowest BCUT2D eigenvalue weighted by molar-refractivity contribution is -0.175. The Morgan fingerprint density at radius 1 is 1.23 bits per heavy atom. The van der Waals surface area contributed by atoms with E-state index >= 15 is 0 Å². The summed E-state index contributed by atoms with van der Waals surface area (Å²) in [6, 6.07) is 4.95. The molecular weight excluding hydrogens is 407 g/mol. The van der Waals surface area contributed by atoms with Gasteiger partial charge in [0.1, 0.15) is 11.5 Å². The number of aromatic nitrogens is 3. The van der Waals surface area contributed by atoms with Gasteiger partial charge < -0.3 is 10.2 Å². The Hall–Kier alpha value is -2.58. The van der Waals surface area contributed by atoms with E-state index in [2.05, 4.69) is 15.4 Å². The first-order valence-electron chi connectivity index (χ1n) is 10.7. The van der Waals surface area contributed by atoms with E-state index in [1.165, 1.54) is 0 Å². The molecule has 2 aromatic rings. The number of pyridine rings is 1. The monoisotopic (exact) mass is 435 g/mol. The summed E-state index contributed by atoms with van der Waals surface area (Å²) in [6.45, 7) is 6.84. The highest BCUT2D eigenvalue weighted by molar-refractivity contribution is 5.92.